The minimum Gasteiger partial charge on any atom is -0.433 e. The smallest absolute Gasteiger partial charge is 0.387 e. The number of aliphatic imine (C=N–C) groups is 1. The summed E-state index contributed by atoms with van der Waals surface area (Å²) in [6.45, 7) is 6.17. The lowest BCUT2D eigenvalue weighted by Gasteiger charge is -2.22. The van der Waals surface area contributed by atoms with E-state index < -0.39 is 21.2 Å². The third kappa shape index (κ3) is 8.24. The number of guanidine groups is 1. The molecule has 31 heavy (non-hydrogen) atoms. The molecular weight excluding hydrogens is 541 g/mol. The lowest BCUT2D eigenvalue weighted by atomic mass is 10.2. The van der Waals surface area contributed by atoms with Gasteiger partial charge in [-0.2, -0.15) is 8.78 Å². The summed E-state index contributed by atoms with van der Waals surface area (Å²) in [4.78, 5) is 6.39. The molecule has 0 aromatic heterocycles. The first-order valence-corrected chi connectivity index (χ1v) is 11.7. The maximum absolute atomic E-state index is 12.7. The topological polar surface area (TPSA) is 83.0 Å². The molecule has 1 aromatic carbocycles. The van der Waals surface area contributed by atoms with Gasteiger partial charge in [0.15, 0.2) is 15.8 Å². The van der Waals surface area contributed by atoms with Crippen molar-refractivity contribution in [2.24, 2.45) is 4.99 Å². The van der Waals surface area contributed by atoms with Crippen LogP contribution in [-0.2, 0) is 9.84 Å². The number of para-hydroxylation sites is 2. The number of ether oxygens (including phenoxy) is 1. The van der Waals surface area contributed by atoms with Gasteiger partial charge in [-0.25, -0.2) is 8.42 Å². The van der Waals surface area contributed by atoms with E-state index in [9.17, 15) is 17.2 Å². The molecular formula is C20H33F2IN4O3S. The molecule has 1 aliphatic heterocycles. The van der Waals surface area contributed by atoms with Crippen LogP contribution in [0.3, 0.4) is 0 Å². The lowest BCUT2D eigenvalue weighted by Crippen LogP contribution is -2.45. The molecule has 1 unspecified atom stereocenters. The fourth-order valence-corrected chi connectivity index (χ4v) is 4.05. The zero-order valence-electron chi connectivity index (χ0n) is 18.4. The molecule has 11 heteroatoms. The largest absolute Gasteiger partial charge is 0.433 e. The zero-order chi connectivity index (χ0) is 22.4. The van der Waals surface area contributed by atoms with Crippen LogP contribution in [0.15, 0.2) is 29.3 Å². The van der Waals surface area contributed by atoms with Gasteiger partial charge in [0.25, 0.3) is 0 Å². The van der Waals surface area contributed by atoms with Gasteiger partial charge in [-0.1, -0.05) is 12.1 Å². The SMILES string of the molecule is CCNC(=NCCS(=O)(=O)C(C)(C)C)NC1CCN(c2ccccc2OC(F)F)C1.I. The Kier molecular flexibility index (Phi) is 10.7. The van der Waals surface area contributed by atoms with Crippen LogP contribution in [0.4, 0.5) is 14.5 Å². The highest BCUT2D eigenvalue weighted by Crippen LogP contribution is 2.31. The number of benzene rings is 1. The highest BCUT2D eigenvalue weighted by Gasteiger charge is 2.29. The minimum absolute atomic E-state index is 0. The van der Waals surface area contributed by atoms with Crippen molar-refractivity contribution < 1.29 is 21.9 Å². The van der Waals surface area contributed by atoms with Crippen molar-refractivity contribution in [2.45, 2.75) is 51.5 Å². The van der Waals surface area contributed by atoms with Crippen LogP contribution in [-0.4, -0.2) is 63.7 Å². The average molecular weight is 574 g/mol. The van der Waals surface area contributed by atoms with Crippen molar-refractivity contribution in [2.75, 3.05) is 36.8 Å². The van der Waals surface area contributed by atoms with Gasteiger partial charge >= 0.3 is 6.61 Å². The molecule has 1 saturated heterocycles. The van der Waals surface area contributed by atoms with Crippen molar-refractivity contribution >= 4 is 45.5 Å². The average Bonchev–Trinajstić information content (AvgIpc) is 3.09. The molecule has 0 saturated carbocycles. The highest BCUT2D eigenvalue weighted by molar-refractivity contribution is 14.0. The van der Waals surface area contributed by atoms with Gasteiger partial charge in [0, 0.05) is 25.7 Å². The van der Waals surface area contributed by atoms with Gasteiger partial charge in [-0.05, 0) is 46.2 Å². The highest BCUT2D eigenvalue weighted by atomic mass is 127. The second kappa shape index (κ2) is 12.0. The van der Waals surface area contributed by atoms with Gasteiger partial charge in [0.05, 0.1) is 22.7 Å². The first-order chi connectivity index (χ1) is 14.0. The fraction of sp³-hybridized carbons (Fsp3) is 0.650. The summed E-state index contributed by atoms with van der Waals surface area (Å²) in [6, 6.07) is 6.78. The van der Waals surface area contributed by atoms with Crippen LogP contribution in [0.5, 0.6) is 5.75 Å². The Labute approximate surface area is 201 Å². The molecule has 0 amide bonds. The Morgan fingerprint density at radius 1 is 1.32 bits per heavy atom. The van der Waals surface area contributed by atoms with Crippen LogP contribution >= 0.6 is 24.0 Å². The third-order valence-electron chi connectivity index (χ3n) is 4.86. The molecule has 0 radical (unpaired) electrons. The monoisotopic (exact) mass is 574 g/mol. The van der Waals surface area contributed by atoms with E-state index in [1.54, 1.807) is 39.0 Å². The molecule has 1 heterocycles. The van der Waals surface area contributed by atoms with Crippen molar-refractivity contribution in [1.29, 1.82) is 0 Å². The van der Waals surface area contributed by atoms with Gasteiger partial charge in [0.1, 0.15) is 5.75 Å². The molecule has 178 valence electrons. The van der Waals surface area contributed by atoms with Crippen molar-refractivity contribution in [1.82, 2.24) is 10.6 Å². The molecule has 0 bridgehead atoms. The Morgan fingerprint density at radius 3 is 2.61 bits per heavy atom. The second-order valence-electron chi connectivity index (χ2n) is 8.11. The maximum atomic E-state index is 12.7. The first-order valence-electron chi connectivity index (χ1n) is 10.1. The van der Waals surface area contributed by atoms with Gasteiger partial charge in [-0.15, -0.1) is 24.0 Å². The summed E-state index contributed by atoms with van der Waals surface area (Å²) >= 11 is 0. The number of halogens is 3. The van der Waals surface area contributed by atoms with E-state index in [1.165, 1.54) is 6.07 Å². The molecule has 2 rings (SSSR count). The van der Waals surface area contributed by atoms with Gasteiger partial charge in [0.2, 0.25) is 0 Å². The summed E-state index contributed by atoms with van der Waals surface area (Å²) in [5, 5.41) is 6.44. The molecule has 0 aliphatic carbocycles. The second-order valence-corrected chi connectivity index (χ2v) is 11.0. The molecule has 1 atom stereocenters. The van der Waals surface area contributed by atoms with Crippen LogP contribution in [0.25, 0.3) is 0 Å². The van der Waals surface area contributed by atoms with Crippen LogP contribution in [0, 0.1) is 0 Å². The van der Waals surface area contributed by atoms with E-state index in [0.717, 1.165) is 6.42 Å². The summed E-state index contributed by atoms with van der Waals surface area (Å²) in [6.07, 6.45) is 0.785. The van der Waals surface area contributed by atoms with E-state index in [2.05, 4.69) is 20.4 Å². The number of nitrogens with one attached hydrogen (secondary N) is 2. The van der Waals surface area contributed by atoms with E-state index in [0.29, 0.717) is 31.3 Å². The number of hydrogen-bond donors (Lipinski definition) is 2. The predicted octanol–water partition coefficient (Wildman–Crippen LogP) is 3.25. The third-order valence-corrected chi connectivity index (χ3v) is 7.44. The molecule has 2 N–H and O–H groups in total. The van der Waals surface area contributed by atoms with Crippen LogP contribution in [0.2, 0.25) is 0 Å². The Bertz CT molecular complexity index is 832. The zero-order valence-corrected chi connectivity index (χ0v) is 21.5. The molecule has 1 aliphatic rings. The summed E-state index contributed by atoms with van der Waals surface area (Å²) in [7, 11) is -3.24. The van der Waals surface area contributed by atoms with Crippen LogP contribution < -0.4 is 20.3 Å². The van der Waals surface area contributed by atoms with E-state index in [4.69, 9.17) is 0 Å². The Balaban J connectivity index is 0.00000480. The number of hydrogen-bond acceptors (Lipinski definition) is 5. The van der Waals surface area contributed by atoms with Gasteiger partial charge in [-0.3, -0.25) is 4.99 Å². The summed E-state index contributed by atoms with van der Waals surface area (Å²) in [5.74, 6) is 0.675. The number of anilines is 1. The van der Waals surface area contributed by atoms with Gasteiger partial charge < -0.3 is 20.3 Å². The maximum Gasteiger partial charge on any atom is 0.387 e. The normalized spacial score (nSPS) is 17.5. The fourth-order valence-electron chi connectivity index (χ4n) is 3.11. The first kappa shape index (κ1) is 27.7. The minimum atomic E-state index is -3.24. The molecule has 1 fully saturated rings. The van der Waals surface area contributed by atoms with E-state index in [1.807, 2.05) is 11.8 Å². The van der Waals surface area contributed by atoms with Crippen LogP contribution in [0.1, 0.15) is 34.1 Å². The quantitative estimate of drug-likeness (QED) is 0.282. The summed E-state index contributed by atoms with van der Waals surface area (Å²) in [5.41, 5.74) is 0.625. The predicted molar refractivity (Wildman–Crippen MR) is 132 cm³/mol. The van der Waals surface area contributed by atoms with Crippen molar-refractivity contribution in [3.8, 4) is 5.75 Å². The van der Waals surface area contributed by atoms with E-state index in [-0.39, 0.29) is 48.1 Å². The number of rotatable bonds is 8. The van der Waals surface area contributed by atoms with Crippen molar-refractivity contribution in [3.05, 3.63) is 24.3 Å². The number of alkyl halides is 2. The number of sulfone groups is 1. The summed E-state index contributed by atoms with van der Waals surface area (Å²) < 4.78 is 53.7. The number of nitrogens with zero attached hydrogens (tertiary/aromatic N) is 2. The Hall–Kier alpha value is -1.37. The molecule has 7 nitrogen and oxygen atoms in total. The van der Waals surface area contributed by atoms with Crippen molar-refractivity contribution in [3.63, 3.8) is 0 Å². The standard InChI is InChI=1S/C20H32F2N4O3S.HI/c1-5-23-19(24-11-13-30(27,28)20(2,3)4)25-15-10-12-26(14-15)16-8-6-7-9-17(16)29-18(21)22;/h6-9,15,18H,5,10-14H2,1-4H3,(H2,23,24,25);1H. The lowest BCUT2D eigenvalue weighted by molar-refractivity contribution is -0.0495. The molecule has 1 aromatic rings. The molecule has 0 spiro atoms. The van der Waals surface area contributed by atoms with E-state index >= 15 is 0 Å². The Morgan fingerprint density at radius 2 is 2.00 bits per heavy atom.